The molecule has 0 aromatic rings. The number of hydrogen-bond donors (Lipinski definition) is 2. The van der Waals surface area contributed by atoms with Gasteiger partial charge in [-0.05, 0) is 83.5 Å². The first-order valence-corrected chi connectivity index (χ1v) is 33.7. The zero-order chi connectivity index (χ0) is 56.9. The van der Waals surface area contributed by atoms with Crippen molar-refractivity contribution in [2.75, 3.05) is 26.4 Å². The van der Waals surface area contributed by atoms with Crippen molar-refractivity contribution in [3.8, 4) is 0 Å². The molecule has 0 saturated heterocycles. The lowest BCUT2D eigenvalue weighted by Crippen LogP contribution is -2.30. The molecule has 0 aromatic carbocycles. The van der Waals surface area contributed by atoms with Crippen LogP contribution < -0.4 is 0 Å². The fraction of sp³-hybridized carbons (Fsp3) is 0.803. The third kappa shape index (κ3) is 57.9. The summed E-state index contributed by atoms with van der Waals surface area (Å²) >= 11 is 0. The first-order valence-electron chi connectivity index (χ1n) is 32.2. The number of carbonyl (C=O) groups is 3. The van der Waals surface area contributed by atoms with Crippen LogP contribution in [0.1, 0.15) is 303 Å². The second kappa shape index (κ2) is 60.3. The third-order valence-corrected chi connectivity index (χ3v) is 14.9. The average molecular weight is 1120 g/mol. The number of esters is 3. The number of carbonyl (C=O) groups excluding carboxylic acids is 3. The van der Waals surface area contributed by atoms with Crippen LogP contribution in [0.5, 0.6) is 0 Å². The largest absolute Gasteiger partial charge is 0.472 e. The van der Waals surface area contributed by atoms with E-state index in [-0.39, 0.29) is 25.9 Å². The highest BCUT2D eigenvalue weighted by molar-refractivity contribution is 7.47. The Bertz CT molecular complexity index is 1540. The highest BCUT2D eigenvalue weighted by Gasteiger charge is 2.28. The molecule has 2 N–H and O–H groups in total. The van der Waals surface area contributed by atoms with E-state index in [2.05, 4.69) is 81.5 Å². The molecule has 12 heteroatoms. The molecule has 3 unspecified atom stereocenters. The predicted molar refractivity (Wildman–Crippen MR) is 325 cm³/mol. The molecule has 0 heterocycles. The lowest BCUT2D eigenvalue weighted by Gasteiger charge is -2.21. The average Bonchev–Trinajstić information content (AvgIpc) is 3.43. The van der Waals surface area contributed by atoms with Crippen LogP contribution in [-0.2, 0) is 42.2 Å². The lowest BCUT2D eigenvalue weighted by atomic mass is 10.0. The molecule has 0 aliphatic heterocycles. The second-order valence-electron chi connectivity index (χ2n) is 21.6. The minimum Gasteiger partial charge on any atom is -0.462 e. The quantitative estimate of drug-likeness (QED) is 0.0197. The molecule has 0 aliphatic carbocycles. The van der Waals surface area contributed by atoms with Crippen LogP contribution in [0.3, 0.4) is 0 Å². The van der Waals surface area contributed by atoms with Gasteiger partial charge in [0.05, 0.1) is 19.8 Å². The fourth-order valence-electron chi connectivity index (χ4n) is 9.05. The zero-order valence-corrected chi connectivity index (χ0v) is 51.3. The van der Waals surface area contributed by atoms with Gasteiger partial charge < -0.3 is 24.2 Å². The Morgan fingerprint density at radius 3 is 1.05 bits per heavy atom. The zero-order valence-electron chi connectivity index (χ0n) is 50.4. The number of phosphoric acid groups is 1. The number of ether oxygens (including phenoxy) is 3. The molecule has 0 aliphatic rings. The molecule has 0 aromatic heterocycles. The van der Waals surface area contributed by atoms with Gasteiger partial charge in [-0.2, -0.15) is 0 Å². The van der Waals surface area contributed by atoms with Gasteiger partial charge in [-0.15, -0.1) is 0 Å². The monoisotopic (exact) mass is 1120 g/mol. The number of phosphoric ester groups is 1. The van der Waals surface area contributed by atoms with Crippen LogP contribution in [0.4, 0.5) is 0 Å². The van der Waals surface area contributed by atoms with E-state index in [0.717, 1.165) is 103 Å². The lowest BCUT2D eigenvalue weighted by molar-refractivity contribution is -0.161. The van der Waals surface area contributed by atoms with Crippen molar-refractivity contribution in [1.82, 2.24) is 0 Å². The maximum absolute atomic E-state index is 13.0. The molecule has 0 radical (unpaired) electrons. The van der Waals surface area contributed by atoms with Gasteiger partial charge in [0.15, 0.2) is 6.10 Å². The number of allylic oxidation sites excluding steroid dienone is 10. The van der Waals surface area contributed by atoms with Crippen molar-refractivity contribution in [2.45, 2.75) is 315 Å². The second-order valence-corrected chi connectivity index (χ2v) is 23.0. The normalized spacial score (nSPS) is 13.7. The fourth-order valence-corrected chi connectivity index (χ4v) is 9.83. The van der Waals surface area contributed by atoms with Gasteiger partial charge in [-0.3, -0.25) is 23.4 Å². The van der Waals surface area contributed by atoms with E-state index in [1.165, 1.54) is 141 Å². The summed E-state index contributed by atoms with van der Waals surface area (Å²) in [4.78, 5) is 48.7. The third-order valence-electron chi connectivity index (χ3n) is 13.9. The van der Waals surface area contributed by atoms with Crippen molar-refractivity contribution in [3.63, 3.8) is 0 Å². The summed E-state index contributed by atoms with van der Waals surface area (Å²) in [6.45, 7) is 4.55. The molecule has 0 amide bonds. The van der Waals surface area contributed by atoms with Gasteiger partial charge in [0.25, 0.3) is 0 Å². The van der Waals surface area contributed by atoms with Crippen molar-refractivity contribution in [2.24, 2.45) is 0 Å². The highest BCUT2D eigenvalue weighted by Crippen LogP contribution is 2.43. The molecular formula is C66H119O11P. The Kier molecular flexibility index (Phi) is 58.1. The first kappa shape index (κ1) is 75.2. The predicted octanol–water partition coefficient (Wildman–Crippen LogP) is 19.5. The van der Waals surface area contributed by atoms with E-state index < -0.39 is 57.8 Å². The Labute approximate surface area is 478 Å². The van der Waals surface area contributed by atoms with E-state index in [1.807, 2.05) is 0 Å². The molecule has 454 valence electrons. The molecular weight excluding hydrogens is 1000 g/mol. The summed E-state index contributed by atoms with van der Waals surface area (Å²) in [5, 5.41) is 9.85. The van der Waals surface area contributed by atoms with E-state index in [0.29, 0.717) is 19.3 Å². The Hall–Kier alpha value is -2.82. The number of aliphatic hydroxyl groups is 1. The molecule has 0 saturated carbocycles. The molecule has 78 heavy (non-hydrogen) atoms. The number of unbranched alkanes of at least 4 members (excludes halogenated alkanes) is 33. The van der Waals surface area contributed by atoms with E-state index in [4.69, 9.17) is 23.3 Å². The van der Waals surface area contributed by atoms with Crippen molar-refractivity contribution >= 4 is 25.7 Å². The van der Waals surface area contributed by atoms with E-state index in [1.54, 1.807) is 0 Å². The smallest absolute Gasteiger partial charge is 0.462 e. The van der Waals surface area contributed by atoms with Crippen LogP contribution in [-0.4, -0.2) is 66.5 Å². The first-order chi connectivity index (χ1) is 38.2. The maximum atomic E-state index is 13.0. The van der Waals surface area contributed by atoms with Crippen LogP contribution >= 0.6 is 7.82 Å². The van der Waals surface area contributed by atoms with Crippen LogP contribution in [0.2, 0.25) is 0 Å². The summed E-state index contributed by atoms with van der Waals surface area (Å²) < 4.78 is 39.7. The Morgan fingerprint density at radius 2 is 0.667 bits per heavy atom. The van der Waals surface area contributed by atoms with Gasteiger partial charge >= 0.3 is 25.7 Å². The SMILES string of the molecule is CC/C=C\C/C=C\C/C=C\CCCCCCCCCC(=O)OCC(COP(=O)(O)OCC(CO)OC(=O)CCCCCCCCCCCCCCCCC)OC(=O)CCCCCCCCCCC/C=C\C/C=C\CCCCC. The summed E-state index contributed by atoms with van der Waals surface area (Å²) in [6.07, 6.45) is 67.3. The summed E-state index contributed by atoms with van der Waals surface area (Å²) in [5.74, 6) is -1.46. The Morgan fingerprint density at radius 1 is 0.372 bits per heavy atom. The van der Waals surface area contributed by atoms with Gasteiger partial charge in [0.2, 0.25) is 0 Å². The Balaban J connectivity index is 4.70. The molecule has 11 nitrogen and oxygen atoms in total. The highest BCUT2D eigenvalue weighted by atomic mass is 31.2. The van der Waals surface area contributed by atoms with Crippen LogP contribution in [0, 0.1) is 0 Å². The molecule has 0 spiro atoms. The van der Waals surface area contributed by atoms with Gasteiger partial charge in [0.1, 0.15) is 12.7 Å². The van der Waals surface area contributed by atoms with Crippen LogP contribution in [0.15, 0.2) is 60.8 Å². The van der Waals surface area contributed by atoms with Crippen molar-refractivity contribution < 1.29 is 52.2 Å². The van der Waals surface area contributed by atoms with Crippen molar-refractivity contribution in [1.29, 1.82) is 0 Å². The van der Waals surface area contributed by atoms with E-state index >= 15 is 0 Å². The molecule has 0 bridgehead atoms. The topological polar surface area (TPSA) is 155 Å². The number of hydrogen-bond acceptors (Lipinski definition) is 10. The standard InChI is InChI=1S/C66H119O11P/c1-4-7-10-13-16-19-22-25-28-30-31-33-36-39-42-45-48-51-54-57-66(70)77-63(59-73-64(68)55-52-49-46-43-40-37-35-32-29-26-23-20-17-14-11-8-5-2)61-75-78(71,72)74-60-62(58-67)76-65(69)56-53-50-47-44-41-38-34-27-24-21-18-15-12-9-6-3/h8,11,16-17,19-20,25-26,28-29,62-63,67H,4-7,9-10,12-15,18,21-24,27,30-61H2,1-3H3,(H,71,72)/b11-8-,19-16-,20-17-,28-25-,29-26-. The van der Waals surface area contributed by atoms with Gasteiger partial charge in [-0.1, -0.05) is 261 Å². The minimum atomic E-state index is -4.75. The minimum absolute atomic E-state index is 0.161. The summed E-state index contributed by atoms with van der Waals surface area (Å²) in [7, 11) is -4.75. The number of rotatable bonds is 60. The molecule has 3 atom stereocenters. The molecule has 0 fully saturated rings. The van der Waals surface area contributed by atoms with Crippen LogP contribution in [0.25, 0.3) is 0 Å². The van der Waals surface area contributed by atoms with Crippen molar-refractivity contribution in [3.05, 3.63) is 60.8 Å². The maximum Gasteiger partial charge on any atom is 0.472 e. The number of aliphatic hydroxyl groups excluding tert-OH is 1. The van der Waals surface area contributed by atoms with Gasteiger partial charge in [0, 0.05) is 19.3 Å². The summed E-state index contributed by atoms with van der Waals surface area (Å²) in [5.41, 5.74) is 0. The van der Waals surface area contributed by atoms with E-state index in [9.17, 15) is 28.9 Å². The van der Waals surface area contributed by atoms with Gasteiger partial charge in [-0.25, -0.2) is 4.57 Å². The molecule has 0 rings (SSSR count). The summed E-state index contributed by atoms with van der Waals surface area (Å²) in [6, 6.07) is 0.